The molecule has 122 valence electrons. The number of anilines is 2. The number of nitrogens with one attached hydrogen (secondary N) is 2. The van der Waals surface area contributed by atoms with E-state index in [-0.39, 0.29) is 17.2 Å². The van der Waals surface area contributed by atoms with Gasteiger partial charge in [0, 0.05) is 31.3 Å². The molecule has 0 fully saturated rings. The second-order valence-electron chi connectivity index (χ2n) is 5.15. The van der Waals surface area contributed by atoms with Crippen molar-refractivity contribution < 1.29 is 9.72 Å². The zero-order chi connectivity index (χ0) is 17.5. The number of carbonyl (C=O) groups excluding carboxylic acids is 1. The lowest BCUT2D eigenvalue weighted by Crippen LogP contribution is -2.07. The summed E-state index contributed by atoms with van der Waals surface area (Å²) in [5.74, 6) is -0.119. The predicted molar refractivity (Wildman–Crippen MR) is 90.8 cm³/mol. The highest BCUT2D eigenvalue weighted by Crippen LogP contribution is 2.21. The lowest BCUT2D eigenvalue weighted by atomic mass is 10.1. The molecule has 0 aliphatic heterocycles. The molecule has 1 amide bonds. The maximum Gasteiger partial charge on any atom is 0.270 e. The fraction of sp³-hybridized carbons (Fsp3) is 0.176. The average molecular weight is 324 g/mol. The molecule has 2 rings (SSSR count). The highest BCUT2D eigenvalue weighted by Gasteiger charge is 2.10. The van der Waals surface area contributed by atoms with E-state index in [1.807, 2.05) is 30.3 Å². The molecule has 2 aromatic rings. The van der Waals surface area contributed by atoms with Crippen LogP contribution in [0, 0.1) is 21.4 Å². The van der Waals surface area contributed by atoms with Crippen LogP contribution in [0.3, 0.4) is 0 Å². The van der Waals surface area contributed by atoms with Gasteiger partial charge in [0.15, 0.2) is 0 Å². The van der Waals surface area contributed by atoms with E-state index in [2.05, 4.69) is 10.6 Å². The van der Waals surface area contributed by atoms with E-state index >= 15 is 0 Å². The Bertz CT molecular complexity index is 794. The number of nitrogens with zero attached hydrogens (tertiary/aromatic N) is 2. The van der Waals surface area contributed by atoms with Gasteiger partial charge in [-0.3, -0.25) is 14.9 Å². The summed E-state index contributed by atoms with van der Waals surface area (Å²) in [6, 6.07) is 13.6. The van der Waals surface area contributed by atoms with Crippen LogP contribution in [-0.2, 0) is 11.2 Å². The molecule has 0 radical (unpaired) electrons. The fourth-order valence-electron chi connectivity index (χ4n) is 2.19. The standard InChI is InChI=1S/C17H16N4O3/c1-12(22)20-15-4-2-13(3-5-15)8-9-19-17-7-6-16(21(23)24)10-14(17)11-18/h2-7,10,19H,8-9H2,1H3,(H,20,22). The predicted octanol–water partition coefficient (Wildman–Crippen LogP) is 3.08. The van der Waals surface area contributed by atoms with Crippen molar-refractivity contribution in [3.63, 3.8) is 0 Å². The molecule has 0 bridgehead atoms. The van der Waals surface area contributed by atoms with Gasteiger partial charge >= 0.3 is 0 Å². The Morgan fingerprint density at radius 3 is 2.54 bits per heavy atom. The molecule has 0 unspecified atom stereocenters. The number of benzene rings is 2. The highest BCUT2D eigenvalue weighted by atomic mass is 16.6. The minimum atomic E-state index is -0.527. The zero-order valence-corrected chi connectivity index (χ0v) is 13.1. The van der Waals surface area contributed by atoms with E-state index in [1.165, 1.54) is 25.1 Å². The van der Waals surface area contributed by atoms with Crippen LogP contribution in [0.15, 0.2) is 42.5 Å². The van der Waals surface area contributed by atoms with Gasteiger partial charge in [-0.15, -0.1) is 0 Å². The van der Waals surface area contributed by atoms with Crippen LogP contribution < -0.4 is 10.6 Å². The van der Waals surface area contributed by atoms with E-state index in [0.717, 1.165) is 11.3 Å². The monoisotopic (exact) mass is 324 g/mol. The molecule has 7 nitrogen and oxygen atoms in total. The number of non-ortho nitro benzene ring substituents is 1. The van der Waals surface area contributed by atoms with E-state index in [0.29, 0.717) is 18.7 Å². The number of carbonyl (C=O) groups is 1. The minimum absolute atomic E-state index is 0.106. The number of hydrogen-bond acceptors (Lipinski definition) is 5. The van der Waals surface area contributed by atoms with Crippen LogP contribution in [0.1, 0.15) is 18.1 Å². The Morgan fingerprint density at radius 2 is 1.96 bits per heavy atom. The summed E-state index contributed by atoms with van der Waals surface area (Å²) in [5.41, 5.74) is 2.51. The second-order valence-corrected chi connectivity index (χ2v) is 5.15. The van der Waals surface area contributed by atoms with Crippen LogP contribution in [0.2, 0.25) is 0 Å². The smallest absolute Gasteiger partial charge is 0.270 e. The summed E-state index contributed by atoms with van der Waals surface area (Å²) >= 11 is 0. The third-order valence-corrected chi connectivity index (χ3v) is 3.34. The summed E-state index contributed by atoms with van der Waals surface area (Å²) in [5, 5.41) is 25.6. The van der Waals surface area contributed by atoms with Gasteiger partial charge in [0.25, 0.3) is 5.69 Å². The topological polar surface area (TPSA) is 108 Å². The summed E-state index contributed by atoms with van der Waals surface area (Å²) < 4.78 is 0. The van der Waals surface area contributed by atoms with Crippen molar-refractivity contribution in [2.75, 3.05) is 17.2 Å². The van der Waals surface area contributed by atoms with Crippen molar-refractivity contribution in [3.8, 4) is 6.07 Å². The van der Waals surface area contributed by atoms with Crippen LogP contribution in [0.4, 0.5) is 17.1 Å². The molecule has 0 saturated heterocycles. The molecule has 0 atom stereocenters. The van der Waals surface area contributed by atoms with Crippen molar-refractivity contribution >= 4 is 23.0 Å². The third kappa shape index (κ3) is 4.55. The normalized spacial score (nSPS) is 9.83. The first-order chi connectivity index (χ1) is 11.5. The average Bonchev–Trinajstić information content (AvgIpc) is 2.56. The summed E-state index contributed by atoms with van der Waals surface area (Å²) in [6.45, 7) is 2.03. The summed E-state index contributed by atoms with van der Waals surface area (Å²) in [7, 11) is 0. The molecule has 0 saturated carbocycles. The van der Waals surface area contributed by atoms with Gasteiger partial charge in [-0.2, -0.15) is 5.26 Å². The lowest BCUT2D eigenvalue weighted by molar-refractivity contribution is -0.384. The number of nitro groups is 1. The van der Waals surface area contributed by atoms with Gasteiger partial charge < -0.3 is 10.6 Å². The van der Waals surface area contributed by atoms with Crippen LogP contribution >= 0.6 is 0 Å². The molecule has 0 aliphatic rings. The number of nitro benzene ring substituents is 1. The van der Waals surface area contributed by atoms with Crippen molar-refractivity contribution in [1.29, 1.82) is 5.26 Å². The molecule has 2 N–H and O–H groups in total. The van der Waals surface area contributed by atoms with Crippen molar-refractivity contribution in [2.45, 2.75) is 13.3 Å². The minimum Gasteiger partial charge on any atom is -0.384 e. The van der Waals surface area contributed by atoms with Crippen molar-refractivity contribution in [1.82, 2.24) is 0 Å². The van der Waals surface area contributed by atoms with Gasteiger partial charge in [-0.05, 0) is 30.2 Å². The second kappa shape index (κ2) is 7.74. The SMILES string of the molecule is CC(=O)Nc1ccc(CCNc2ccc([N+](=O)[O-])cc2C#N)cc1. The van der Waals surface area contributed by atoms with E-state index in [9.17, 15) is 14.9 Å². The Morgan fingerprint density at radius 1 is 1.25 bits per heavy atom. The first-order valence-corrected chi connectivity index (χ1v) is 7.28. The van der Waals surface area contributed by atoms with Gasteiger partial charge in [-0.1, -0.05) is 12.1 Å². The zero-order valence-electron chi connectivity index (χ0n) is 13.1. The molecule has 24 heavy (non-hydrogen) atoms. The molecule has 0 aliphatic carbocycles. The van der Waals surface area contributed by atoms with Gasteiger partial charge in [0.1, 0.15) is 6.07 Å². The lowest BCUT2D eigenvalue weighted by Gasteiger charge is -2.09. The van der Waals surface area contributed by atoms with Crippen LogP contribution in [-0.4, -0.2) is 17.4 Å². The third-order valence-electron chi connectivity index (χ3n) is 3.34. The highest BCUT2D eigenvalue weighted by molar-refractivity contribution is 5.88. The maximum atomic E-state index is 11.0. The first kappa shape index (κ1) is 17.0. The number of hydrogen-bond donors (Lipinski definition) is 2. The van der Waals surface area contributed by atoms with Crippen LogP contribution in [0.5, 0.6) is 0 Å². The number of amides is 1. The van der Waals surface area contributed by atoms with Gasteiger partial charge in [0.2, 0.25) is 5.91 Å². The van der Waals surface area contributed by atoms with E-state index in [1.54, 1.807) is 0 Å². The van der Waals surface area contributed by atoms with E-state index in [4.69, 9.17) is 5.26 Å². The van der Waals surface area contributed by atoms with Gasteiger partial charge in [0.05, 0.1) is 16.2 Å². The summed E-state index contributed by atoms with van der Waals surface area (Å²) in [4.78, 5) is 21.2. The van der Waals surface area contributed by atoms with Gasteiger partial charge in [-0.25, -0.2) is 0 Å². The Kier molecular flexibility index (Phi) is 5.47. The molecular weight excluding hydrogens is 308 g/mol. The molecular formula is C17H16N4O3. The largest absolute Gasteiger partial charge is 0.384 e. The molecule has 0 spiro atoms. The Balaban J connectivity index is 1.95. The molecule has 0 heterocycles. The van der Waals surface area contributed by atoms with E-state index < -0.39 is 4.92 Å². The molecule has 2 aromatic carbocycles. The summed E-state index contributed by atoms with van der Waals surface area (Å²) in [6.07, 6.45) is 0.711. The molecule has 0 aromatic heterocycles. The Hall–Kier alpha value is -3.40. The number of rotatable bonds is 6. The van der Waals surface area contributed by atoms with Crippen LogP contribution in [0.25, 0.3) is 0 Å². The Labute approximate surface area is 139 Å². The number of nitriles is 1. The van der Waals surface area contributed by atoms with Crippen molar-refractivity contribution in [2.24, 2.45) is 0 Å². The maximum absolute atomic E-state index is 11.0. The quantitative estimate of drug-likeness (QED) is 0.627. The fourth-order valence-corrected chi connectivity index (χ4v) is 2.19. The first-order valence-electron chi connectivity index (χ1n) is 7.28. The molecule has 7 heteroatoms. The van der Waals surface area contributed by atoms with Crippen molar-refractivity contribution in [3.05, 3.63) is 63.7 Å².